The van der Waals surface area contributed by atoms with Gasteiger partial charge < -0.3 is 19.7 Å². The molecule has 2 aliphatic heterocycles. The van der Waals surface area contributed by atoms with Crippen LogP contribution in [0.15, 0.2) is 12.1 Å². The van der Waals surface area contributed by atoms with E-state index in [-0.39, 0.29) is 17.9 Å². The zero-order valence-electron chi connectivity index (χ0n) is 15.5. The summed E-state index contributed by atoms with van der Waals surface area (Å²) in [6, 6.07) is 3.69. The molecule has 2 fully saturated rings. The van der Waals surface area contributed by atoms with Gasteiger partial charge in [0.25, 0.3) is 0 Å². The van der Waals surface area contributed by atoms with Crippen LogP contribution in [0.2, 0.25) is 0 Å². The van der Waals surface area contributed by atoms with E-state index in [0.29, 0.717) is 24.5 Å². The van der Waals surface area contributed by atoms with E-state index in [1.165, 1.54) is 0 Å². The third kappa shape index (κ3) is 2.63. The topological polar surface area (TPSA) is 67.9 Å². The molecule has 140 valence electrons. The van der Waals surface area contributed by atoms with Gasteiger partial charge in [-0.1, -0.05) is 19.3 Å². The number of methoxy groups -OCH3 is 2. The minimum Gasteiger partial charge on any atom is -0.493 e. The van der Waals surface area contributed by atoms with Crippen molar-refractivity contribution >= 4 is 11.8 Å². The Bertz CT molecular complexity index is 740. The van der Waals surface area contributed by atoms with Gasteiger partial charge in [-0.3, -0.25) is 9.59 Å². The lowest BCUT2D eigenvalue weighted by Gasteiger charge is -2.42. The summed E-state index contributed by atoms with van der Waals surface area (Å²) in [4.78, 5) is 28.1. The van der Waals surface area contributed by atoms with Crippen molar-refractivity contribution < 1.29 is 19.1 Å². The summed E-state index contributed by atoms with van der Waals surface area (Å²) in [6.07, 6.45) is 5.68. The molecule has 1 N–H and O–H groups in total. The highest BCUT2D eigenvalue weighted by Gasteiger charge is 2.49. The summed E-state index contributed by atoms with van der Waals surface area (Å²) < 4.78 is 10.9. The molecule has 1 aliphatic carbocycles. The Morgan fingerprint density at radius 1 is 1.08 bits per heavy atom. The lowest BCUT2D eigenvalue weighted by molar-refractivity contribution is -0.142. The number of nitrogens with zero attached hydrogens (tertiary/aromatic N) is 1. The van der Waals surface area contributed by atoms with Gasteiger partial charge in [-0.05, 0) is 42.5 Å². The van der Waals surface area contributed by atoms with Gasteiger partial charge in [0.15, 0.2) is 11.5 Å². The van der Waals surface area contributed by atoms with Gasteiger partial charge in [0.05, 0.1) is 26.7 Å². The van der Waals surface area contributed by atoms with Crippen LogP contribution in [0.1, 0.15) is 55.7 Å². The molecule has 1 aromatic rings. The van der Waals surface area contributed by atoms with Crippen LogP contribution in [0, 0.1) is 0 Å². The number of hydrogen-bond donors (Lipinski definition) is 1. The van der Waals surface area contributed by atoms with Crippen molar-refractivity contribution in [1.29, 1.82) is 0 Å². The third-order valence-corrected chi connectivity index (χ3v) is 6.14. The zero-order valence-corrected chi connectivity index (χ0v) is 15.5. The minimum atomic E-state index is -0.696. The number of rotatable bonds is 2. The Morgan fingerprint density at radius 3 is 2.46 bits per heavy atom. The first kappa shape index (κ1) is 17.2. The molecule has 1 aromatic carbocycles. The van der Waals surface area contributed by atoms with Crippen molar-refractivity contribution in [2.24, 2.45) is 0 Å². The maximum Gasteiger partial charge on any atom is 0.248 e. The number of fused-ring (bicyclic) bond motifs is 3. The Kier molecular flexibility index (Phi) is 4.29. The summed E-state index contributed by atoms with van der Waals surface area (Å²) in [5, 5.41) is 3.10. The molecule has 1 atom stereocenters. The van der Waals surface area contributed by atoms with E-state index in [1.807, 2.05) is 17.0 Å². The smallest absolute Gasteiger partial charge is 0.248 e. The summed E-state index contributed by atoms with van der Waals surface area (Å²) in [7, 11) is 3.22. The van der Waals surface area contributed by atoms with Crippen molar-refractivity contribution in [1.82, 2.24) is 10.2 Å². The lowest BCUT2D eigenvalue weighted by Crippen LogP contribution is -2.58. The molecule has 0 radical (unpaired) electrons. The van der Waals surface area contributed by atoms with E-state index in [1.54, 1.807) is 14.2 Å². The zero-order chi connectivity index (χ0) is 18.3. The van der Waals surface area contributed by atoms with Gasteiger partial charge in [-0.25, -0.2) is 0 Å². The Morgan fingerprint density at radius 2 is 1.77 bits per heavy atom. The average molecular weight is 358 g/mol. The second kappa shape index (κ2) is 6.49. The highest BCUT2D eigenvalue weighted by atomic mass is 16.5. The molecule has 2 heterocycles. The molecule has 2 amide bonds. The van der Waals surface area contributed by atoms with Gasteiger partial charge in [0.1, 0.15) is 5.54 Å². The molecule has 6 heteroatoms. The molecule has 1 saturated carbocycles. The number of amides is 2. The van der Waals surface area contributed by atoms with Crippen LogP contribution in [-0.4, -0.2) is 43.0 Å². The van der Waals surface area contributed by atoms with Gasteiger partial charge in [-0.15, -0.1) is 0 Å². The molecule has 4 rings (SSSR count). The maximum atomic E-state index is 13.4. The minimum absolute atomic E-state index is 0.0321. The predicted molar refractivity (Wildman–Crippen MR) is 96.3 cm³/mol. The van der Waals surface area contributed by atoms with Crippen LogP contribution in [-0.2, 0) is 16.0 Å². The summed E-state index contributed by atoms with van der Waals surface area (Å²) in [5.41, 5.74) is 1.44. The van der Waals surface area contributed by atoms with E-state index in [0.717, 1.165) is 49.7 Å². The van der Waals surface area contributed by atoms with E-state index >= 15 is 0 Å². The summed E-state index contributed by atoms with van der Waals surface area (Å²) >= 11 is 0. The number of benzene rings is 1. The number of nitrogens with one attached hydrogen (secondary N) is 1. The molecule has 26 heavy (non-hydrogen) atoms. The van der Waals surface area contributed by atoms with Crippen molar-refractivity contribution in [3.63, 3.8) is 0 Å². The molecule has 0 bridgehead atoms. The SMILES string of the molecule is COc1cc2c(cc1OC)C1CC(=O)NC3(CCCCC3)C(=O)N1CC2. The first-order valence-electron chi connectivity index (χ1n) is 9.45. The molecule has 1 unspecified atom stereocenters. The van der Waals surface area contributed by atoms with E-state index in [4.69, 9.17) is 9.47 Å². The monoisotopic (exact) mass is 358 g/mol. The van der Waals surface area contributed by atoms with E-state index in [2.05, 4.69) is 5.32 Å². The standard InChI is InChI=1S/C20H26N2O4/c1-25-16-10-13-6-9-22-15(14(13)11-17(16)26-2)12-18(23)21-20(19(22)24)7-4-3-5-8-20/h10-11,15H,3-9,12H2,1-2H3,(H,21,23). The van der Waals surface area contributed by atoms with Crippen molar-refractivity contribution in [2.45, 2.75) is 56.5 Å². The molecular weight excluding hydrogens is 332 g/mol. The van der Waals surface area contributed by atoms with Crippen LogP contribution in [0.4, 0.5) is 0 Å². The van der Waals surface area contributed by atoms with Crippen molar-refractivity contribution in [3.05, 3.63) is 23.3 Å². The van der Waals surface area contributed by atoms with Crippen molar-refractivity contribution in [2.75, 3.05) is 20.8 Å². The fraction of sp³-hybridized carbons (Fsp3) is 0.600. The Balaban J connectivity index is 1.75. The van der Waals surface area contributed by atoms with Gasteiger partial charge in [0.2, 0.25) is 11.8 Å². The van der Waals surface area contributed by atoms with Gasteiger partial charge in [-0.2, -0.15) is 0 Å². The number of ether oxygens (including phenoxy) is 2. The van der Waals surface area contributed by atoms with Crippen LogP contribution in [0.25, 0.3) is 0 Å². The number of hydrogen-bond acceptors (Lipinski definition) is 4. The molecule has 1 spiro atoms. The second-order valence-corrected chi connectivity index (χ2v) is 7.57. The van der Waals surface area contributed by atoms with Gasteiger partial charge in [0, 0.05) is 6.54 Å². The normalized spacial score (nSPS) is 24.4. The Hall–Kier alpha value is -2.24. The van der Waals surface area contributed by atoms with Crippen LogP contribution >= 0.6 is 0 Å². The second-order valence-electron chi connectivity index (χ2n) is 7.57. The maximum absolute atomic E-state index is 13.4. The molecule has 0 aromatic heterocycles. The number of carbonyl (C=O) groups excluding carboxylic acids is 2. The highest BCUT2D eigenvalue weighted by molar-refractivity contribution is 5.94. The molecular formula is C20H26N2O4. The summed E-state index contributed by atoms with van der Waals surface area (Å²) in [5.74, 6) is 1.38. The lowest BCUT2D eigenvalue weighted by atomic mass is 9.80. The fourth-order valence-corrected chi connectivity index (χ4v) is 4.81. The van der Waals surface area contributed by atoms with Crippen LogP contribution < -0.4 is 14.8 Å². The fourth-order valence-electron chi connectivity index (χ4n) is 4.81. The third-order valence-electron chi connectivity index (χ3n) is 6.14. The van der Waals surface area contributed by atoms with E-state index in [9.17, 15) is 9.59 Å². The first-order chi connectivity index (χ1) is 12.6. The Labute approximate surface area is 153 Å². The van der Waals surface area contributed by atoms with Crippen LogP contribution in [0.3, 0.4) is 0 Å². The largest absolute Gasteiger partial charge is 0.493 e. The quantitative estimate of drug-likeness (QED) is 0.881. The number of carbonyl (C=O) groups is 2. The molecule has 1 saturated heterocycles. The van der Waals surface area contributed by atoms with Crippen LogP contribution in [0.5, 0.6) is 11.5 Å². The first-order valence-corrected chi connectivity index (χ1v) is 9.45. The highest BCUT2D eigenvalue weighted by Crippen LogP contribution is 2.43. The predicted octanol–water partition coefficient (Wildman–Crippen LogP) is 2.35. The van der Waals surface area contributed by atoms with E-state index < -0.39 is 5.54 Å². The average Bonchev–Trinajstić information content (AvgIpc) is 2.76. The summed E-state index contributed by atoms with van der Waals surface area (Å²) in [6.45, 7) is 0.642. The van der Waals surface area contributed by atoms with Crippen molar-refractivity contribution in [3.8, 4) is 11.5 Å². The molecule has 3 aliphatic rings. The molecule has 6 nitrogen and oxygen atoms in total. The van der Waals surface area contributed by atoms with Gasteiger partial charge >= 0.3 is 0 Å².